The second kappa shape index (κ2) is 10.6. The van der Waals surface area contributed by atoms with E-state index in [9.17, 15) is 4.39 Å². The fourth-order valence-corrected chi connectivity index (χ4v) is 3.37. The van der Waals surface area contributed by atoms with Gasteiger partial charge in [0.2, 0.25) is 0 Å². The monoisotopic (exact) mass is 536 g/mol. The molecular weight excluding hydrogens is 510 g/mol. The lowest BCUT2D eigenvalue weighted by Crippen LogP contribution is -2.41. The van der Waals surface area contributed by atoms with Crippen molar-refractivity contribution in [1.29, 1.82) is 0 Å². The molecule has 1 unspecified atom stereocenters. The molecule has 2 N–H and O–H groups in total. The first kappa shape index (κ1) is 23.0. The largest absolute Gasteiger partial charge is 0.493 e. The minimum Gasteiger partial charge on any atom is -0.493 e. The Kier molecular flexibility index (Phi) is 7.83. The minimum atomic E-state index is -0.263. The number of benzene rings is 2. The molecule has 0 spiro atoms. The normalized spacial score (nSPS) is 15.5. The first-order valence-corrected chi connectivity index (χ1v) is 9.96. The lowest BCUT2D eigenvalue weighted by molar-refractivity contribution is 0.261. The van der Waals surface area contributed by atoms with E-state index in [1.807, 2.05) is 48.9 Å². The van der Waals surface area contributed by atoms with Gasteiger partial charge in [-0.25, -0.2) is 9.38 Å². The van der Waals surface area contributed by atoms with Crippen molar-refractivity contribution in [3.63, 3.8) is 0 Å². The molecular formula is C22H26FIN6O. The molecule has 31 heavy (non-hydrogen) atoms. The third-order valence-electron chi connectivity index (χ3n) is 5.23. The summed E-state index contributed by atoms with van der Waals surface area (Å²) in [6.07, 6.45) is 0.806. The molecule has 1 aliphatic rings. The molecule has 1 aromatic heterocycles. The zero-order chi connectivity index (χ0) is 20.9. The fourth-order valence-electron chi connectivity index (χ4n) is 3.37. The molecule has 0 radical (unpaired) electrons. The number of hydrogen-bond acceptors (Lipinski definition) is 4. The summed E-state index contributed by atoms with van der Waals surface area (Å²) < 4.78 is 21.7. The van der Waals surface area contributed by atoms with Crippen LogP contribution in [0.3, 0.4) is 0 Å². The number of aryl methyl sites for hydroxylation is 1. The van der Waals surface area contributed by atoms with Crippen molar-refractivity contribution in [3.05, 3.63) is 77.1 Å². The van der Waals surface area contributed by atoms with Gasteiger partial charge in [-0.1, -0.05) is 36.4 Å². The number of aliphatic imine (C=N–C) groups is 1. The average Bonchev–Trinajstić information content (AvgIpc) is 3.09. The summed E-state index contributed by atoms with van der Waals surface area (Å²) in [5, 5.41) is 15.1. The van der Waals surface area contributed by atoms with Gasteiger partial charge in [-0.15, -0.1) is 34.2 Å². The molecule has 1 atom stereocenters. The van der Waals surface area contributed by atoms with E-state index >= 15 is 0 Å². The van der Waals surface area contributed by atoms with E-state index in [2.05, 4.69) is 25.8 Å². The average molecular weight is 536 g/mol. The molecule has 2 aromatic carbocycles. The van der Waals surface area contributed by atoms with Gasteiger partial charge in [-0.05, 0) is 19.1 Å². The number of rotatable bonds is 5. The summed E-state index contributed by atoms with van der Waals surface area (Å²) in [4.78, 5) is 4.63. The van der Waals surface area contributed by atoms with Gasteiger partial charge < -0.3 is 19.9 Å². The van der Waals surface area contributed by atoms with E-state index in [1.165, 1.54) is 6.07 Å². The number of fused-ring (bicyclic) bond motifs is 1. The van der Waals surface area contributed by atoms with Gasteiger partial charge in [0.05, 0.1) is 25.7 Å². The number of nitrogens with zero attached hydrogens (tertiary/aromatic N) is 4. The van der Waals surface area contributed by atoms with Crippen LogP contribution in [0.25, 0.3) is 0 Å². The van der Waals surface area contributed by atoms with Gasteiger partial charge in [0.15, 0.2) is 11.8 Å². The van der Waals surface area contributed by atoms with Crippen LogP contribution in [0.15, 0.2) is 53.5 Å². The maximum Gasteiger partial charge on any atom is 0.192 e. The summed E-state index contributed by atoms with van der Waals surface area (Å²) >= 11 is 0. The van der Waals surface area contributed by atoms with Gasteiger partial charge in [-0.2, -0.15) is 0 Å². The lowest BCUT2D eigenvalue weighted by Gasteiger charge is -2.28. The van der Waals surface area contributed by atoms with E-state index in [4.69, 9.17) is 4.74 Å². The van der Waals surface area contributed by atoms with Crippen molar-refractivity contribution >= 4 is 29.9 Å². The topological polar surface area (TPSA) is 76.4 Å². The number of aromatic nitrogens is 3. The third-order valence-corrected chi connectivity index (χ3v) is 5.23. The zero-order valence-corrected chi connectivity index (χ0v) is 19.8. The number of nitrogens with one attached hydrogen (secondary N) is 2. The number of guanidine groups is 1. The molecule has 0 aliphatic carbocycles. The highest BCUT2D eigenvalue weighted by Gasteiger charge is 2.22. The van der Waals surface area contributed by atoms with Crippen LogP contribution in [0.2, 0.25) is 0 Å². The Morgan fingerprint density at radius 1 is 1.19 bits per heavy atom. The van der Waals surface area contributed by atoms with Crippen LogP contribution in [-0.4, -0.2) is 27.3 Å². The molecule has 3 aromatic rings. The standard InChI is InChI=1S/C22H25FN6O.HI/c1-15-27-28-21(29(15)2)14-25-22(24-13-16-7-3-5-9-18(16)23)26-19-11-12-30-20-10-6-4-8-17(19)20;/h3-10,19H,11-14H2,1-2H3,(H2,24,25,26);1H. The molecule has 1 aliphatic heterocycles. The Bertz CT molecular complexity index is 1050. The van der Waals surface area contributed by atoms with Crippen LogP contribution in [-0.2, 0) is 20.1 Å². The van der Waals surface area contributed by atoms with E-state index in [0.29, 0.717) is 24.7 Å². The predicted molar refractivity (Wildman–Crippen MR) is 128 cm³/mol. The van der Waals surface area contributed by atoms with Crippen LogP contribution >= 0.6 is 24.0 Å². The third kappa shape index (κ3) is 5.52. The molecule has 164 valence electrons. The number of ether oxygens (including phenoxy) is 1. The van der Waals surface area contributed by atoms with Crippen LogP contribution in [0.1, 0.15) is 35.2 Å². The molecule has 0 saturated heterocycles. The smallest absolute Gasteiger partial charge is 0.192 e. The van der Waals surface area contributed by atoms with E-state index < -0.39 is 0 Å². The first-order chi connectivity index (χ1) is 14.6. The summed E-state index contributed by atoms with van der Waals surface area (Å²) in [5.41, 5.74) is 1.62. The molecule has 0 amide bonds. The maximum atomic E-state index is 14.1. The molecule has 0 fully saturated rings. The summed E-state index contributed by atoms with van der Waals surface area (Å²) in [6, 6.07) is 14.7. The summed E-state index contributed by atoms with van der Waals surface area (Å²) in [6.45, 7) is 3.20. The highest BCUT2D eigenvalue weighted by molar-refractivity contribution is 14.0. The first-order valence-electron chi connectivity index (χ1n) is 9.96. The Morgan fingerprint density at radius 3 is 2.74 bits per heavy atom. The predicted octanol–water partition coefficient (Wildman–Crippen LogP) is 3.64. The van der Waals surface area contributed by atoms with Crippen LogP contribution in [0.5, 0.6) is 5.75 Å². The number of para-hydroxylation sites is 1. The molecule has 9 heteroatoms. The zero-order valence-electron chi connectivity index (χ0n) is 17.5. The summed E-state index contributed by atoms with van der Waals surface area (Å²) in [5.74, 6) is 2.82. The van der Waals surface area contributed by atoms with Gasteiger partial charge in [-0.3, -0.25) is 0 Å². The highest BCUT2D eigenvalue weighted by atomic mass is 127. The maximum absolute atomic E-state index is 14.1. The molecule has 0 saturated carbocycles. The number of hydrogen-bond donors (Lipinski definition) is 2. The second-order valence-electron chi connectivity index (χ2n) is 7.20. The highest BCUT2D eigenvalue weighted by Crippen LogP contribution is 2.31. The van der Waals surface area contributed by atoms with Crippen LogP contribution in [0.4, 0.5) is 4.39 Å². The molecule has 2 heterocycles. The van der Waals surface area contributed by atoms with Crippen molar-refractivity contribution in [3.8, 4) is 5.75 Å². The lowest BCUT2D eigenvalue weighted by atomic mass is 10.0. The Hall–Kier alpha value is -2.69. The van der Waals surface area contributed by atoms with Crippen LogP contribution < -0.4 is 15.4 Å². The van der Waals surface area contributed by atoms with Gasteiger partial charge in [0.1, 0.15) is 17.4 Å². The number of halogens is 2. The van der Waals surface area contributed by atoms with E-state index in [-0.39, 0.29) is 42.4 Å². The van der Waals surface area contributed by atoms with E-state index in [0.717, 1.165) is 29.4 Å². The Balaban J connectivity index is 0.00000272. The Labute approximate surface area is 198 Å². The van der Waals surface area contributed by atoms with Crippen molar-refractivity contribution < 1.29 is 9.13 Å². The van der Waals surface area contributed by atoms with Crippen molar-refractivity contribution in [2.75, 3.05) is 6.61 Å². The molecule has 0 bridgehead atoms. The van der Waals surface area contributed by atoms with Crippen LogP contribution in [0, 0.1) is 12.7 Å². The van der Waals surface area contributed by atoms with Crippen molar-refractivity contribution in [2.45, 2.75) is 32.5 Å². The van der Waals surface area contributed by atoms with Crippen molar-refractivity contribution in [2.24, 2.45) is 12.0 Å². The summed E-state index contributed by atoms with van der Waals surface area (Å²) in [7, 11) is 1.92. The quantitative estimate of drug-likeness (QED) is 0.296. The minimum absolute atomic E-state index is 0. The molecule has 4 rings (SSSR count). The van der Waals surface area contributed by atoms with E-state index in [1.54, 1.807) is 12.1 Å². The Morgan fingerprint density at radius 2 is 1.97 bits per heavy atom. The van der Waals surface area contributed by atoms with Gasteiger partial charge in [0.25, 0.3) is 0 Å². The van der Waals surface area contributed by atoms with Crippen molar-refractivity contribution in [1.82, 2.24) is 25.4 Å². The SMILES string of the molecule is Cc1nnc(CNC(=NCc2ccccc2F)NC2CCOc3ccccc32)n1C.I. The van der Waals surface area contributed by atoms with Gasteiger partial charge >= 0.3 is 0 Å². The molecule has 7 nitrogen and oxygen atoms in total. The second-order valence-corrected chi connectivity index (χ2v) is 7.20. The van der Waals surface area contributed by atoms with Gasteiger partial charge in [0, 0.05) is 24.6 Å². The fraction of sp³-hybridized carbons (Fsp3) is 0.318.